The Balaban J connectivity index is 1.82. The van der Waals surface area contributed by atoms with Crippen molar-refractivity contribution in [3.8, 4) is 0 Å². The van der Waals surface area contributed by atoms with Crippen molar-refractivity contribution in [3.05, 3.63) is 0 Å². The van der Waals surface area contributed by atoms with Crippen LogP contribution < -0.4 is 0 Å². The zero-order valence-electron chi connectivity index (χ0n) is 32.8. The Morgan fingerprint density at radius 1 is 0.735 bits per heavy atom. The van der Waals surface area contributed by atoms with Crippen LogP contribution in [0.3, 0.4) is 0 Å². The van der Waals surface area contributed by atoms with Crippen molar-refractivity contribution in [2.45, 2.75) is 220 Å². The fourth-order valence-electron chi connectivity index (χ4n) is 8.70. The maximum Gasteiger partial charge on any atom is 0.412 e. The maximum atomic E-state index is 13.7. The summed E-state index contributed by atoms with van der Waals surface area (Å²) in [5, 5.41) is 41.5. The Bertz CT molecular complexity index is 866. The first-order valence-electron chi connectivity index (χ1n) is 20.5. The average Bonchev–Trinajstić information content (AvgIpc) is 3.04. The molecule has 8 heteroatoms. The molecule has 2 fully saturated rings. The molecule has 290 valence electrons. The van der Waals surface area contributed by atoms with Crippen molar-refractivity contribution in [2.24, 2.45) is 22.7 Å². The molecule has 6 atom stereocenters. The molecule has 0 aromatic carbocycles. The minimum absolute atomic E-state index is 0.260. The zero-order valence-corrected chi connectivity index (χ0v) is 32.8. The van der Waals surface area contributed by atoms with Crippen LogP contribution in [0.25, 0.3) is 0 Å². The molecule has 1 heterocycles. The first kappa shape index (κ1) is 44.2. The lowest BCUT2D eigenvalue weighted by atomic mass is 9.63. The van der Waals surface area contributed by atoms with Gasteiger partial charge in [-0.15, -0.1) is 0 Å². The number of rotatable bonds is 23. The van der Waals surface area contributed by atoms with E-state index in [1.54, 1.807) is 0 Å². The first-order chi connectivity index (χ1) is 23.2. The molecule has 2 rings (SSSR count). The van der Waals surface area contributed by atoms with E-state index in [0.29, 0.717) is 18.9 Å². The summed E-state index contributed by atoms with van der Waals surface area (Å²) in [4.78, 5) is 15.1. The molecule has 2 aliphatic rings. The number of carbonyl (C=O) groups excluding carboxylic acids is 1. The average molecular weight is 698 g/mol. The van der Waals surface area contributed by atoms with Crippen molar-refractivity contribution in [1.29, 1.82) is 0 Å². The number of unbranched alkanes of at least 4 members (excludes halogenated alkanes) is 15. The van der Waals surface area contributed by atoms with Gasteiger partial charge in [0.05, 0.1) is 6.61 Å². The summed E-state index contributed by atoms with van der Waals surface area (Å²) < 4.78 is 11.9. The van der Waals surface area contributed by atoms with Gasteiger partial charge < -0.3 is 29.9 Å². The summed E-state index contributed by atoms with van der Waals surface area (Å²) in [6.45, 7) is 15.7. The van der Waals surface area contributed by atoms with E-state index in [-0.39, 0.29) is 22.9 Å². The van der Waals surface area contributed by atoms with E-state index in [9.17, 15) is 25.2 Å². The summed E-state index contributed by atoms with van der Waals surface area (Å²) in [6, 6.07) is 0. The number of aliphatic hydroxyl groups is 4. The van der Waals surface area contributed by atoms with Gasteiger partial charge in [0.2, 0.25) is 0 Å². The standard InChI is InChI=1S/C41H79NO7/c1-8-9-10-11-12-13-14-15-16-17-18-19-20-21-22-23-28-42(38-37(46)36(45)35(44)34(29-43)49-38)39(47)48-31(2)32-24-26-33(27-25-32)41(6,7)30-40(3,4)5/h31-38,43-46H,8-30H2,1-7H3/t31?,32?,33?,34-,35-,36+,37+,38?/m1/s1. The van der Waals surface area contributed by atoms with E-state index >= 15 is 0 Å². The Hall–Kier alpha value is -0.930. The van der Waals surface area contributed by atoms with Crippen LogP contribution in [0.2, 0.25) is 0 Å². The van der Waals surface area contributed by atoms with Crippen molar-refractivity contribution >= 4 is 6.09 Å². The van der Waals surface area contributed by atoms with E-state index in [1.807, 2.05) is 6.92 Å². The number of carbonyl (C=O) groups is 1. The lowest BCUT2D eigenvalue weighted by Crippen LogP contribution is -2.64. The van der Waals surface area contributed by atoms with E-state index in [1.165, 1.54) is 88.4 Å². The monoisotopic (exact) mass is 698 g/mol. The molecule has 2 unspecified atom stereocenters. The van der Waals surface area contributed by atoms with Crippen LogP contribution in [-0.4, -0.2) is 81.3 Å². The quantitative estimate of drug-likeness (QED) is 0.0786. The smallest absolute Gasteiger partial charge is 0.412 e. The van der Waals surface area contributed by atoms with E-state index in [4.69, 9.17) is 9.47 Å². The van der Waals surface area contributed by atoms with Gasteiger partial charge in [-0.05, 0) is 68.1 Å². The van der Waals surface area contributed by atoms with Crippen molar-refractivity contribution in [1.82, 2.24) is 4.90 Å². The van der Waals surface area contributed by atoms with Gasteiger partial charge in [0, 0.05) is 6.54 Å². The lowest BCUT2D eigenvalue weighted by Gasteiger charge is -2.45. The molecule has 0 aromatic rings. The predicted octanol–water partition coefficient (Wildman–Crippen LogP) is 9.14. The number of ether oxygens (including phenoxy) is 2. The Labute approximate surface area is 301 Å². The minimum Gasteiger partial charge on any atom is -0.446 e. The molecule has 0 aromatic heterocycles. The van der Waals surface area contributed by atoms with Crippen LogP contribution in [0.1, 0.15) is 183 Å². The van der Waals surface area contributed by atoms with Crippen molar-refractivity contribution in [3.63, 3.8) is 0 Å². The molecule has 1 aliphatic carbocycles. The highest BCUT2D eigenvalue weighted by Gasteiger charge is 2.47. The third-order valence-electron chi connectivity index (χ3n) is 11.5. The Kier molecular flexibility index (Phi) is 20.7. The van der Waals surface area contributed by atoms with Crippen molar-refractivity contribution in [2.75, 3.05) is 13.2 Å². The molecule has 49 heavy (non-hydrogen) atoms. The number of aliphatic hydroxyl groups excluding tert-OH is 4. The fourth-order valence-corrected chi connectivity index (χ4v) is 8.70. The van der Waals surface area contributed by atoms with Gasteiger partial charge in [-0.1, -0.05) is 138 Å². The third kappa shape index (κ3) is 16.1. The number of hydrogen-bond acceptors (Lipinski definition) is 7. The Morgan fingerprint density at radius 3 is 1.65 bits per heavy atom. The normalized spacial score (nSPS) is 27.2. The van der Waals surface area contributed by atoms with Crippen LogP contribution in [0.5, 0.6) is 0 Å². The van der Waals surface area contributed by atoms with Crippen LogP contribution in [0.4, 0.5) is 4.79 Å². The van der Waals surface area contributed by atoms with Crippen LogP contribution in [0, 0.1) is 22.7 Å². The second-order valence-corrected chi connectivity index (χ2v) is 17.6. The second kappa shape index (κ2) is 22.9. The topological polar surface area (TPSA) is 120 Å². The summed E-state index contributed by atoms with van der Waals surface area (Å²) in [6.07, 6.45) is 17.7. The molecule has 0 spiro atoms. The van der Waals surface area contributed by atoms with Gasteiger partial charge in [-0.2, -0.15) is 0 Å². The summed E-state index contributed by atoms with van der Waals surface area (Å²) >= 11 is 0. The van der Waals surface area contributed by atoms with Gasteiger partial charge in [-0.25, -0.2) is 4.79 Å². The number of amides is 1. The van der Waals surface area contributed by atoms with E-state index in [2.05, 4.69) is 41.5 Å². The second-order valence-electron chi connectivity index (χ2n) is 17.6. The summed E-state index contributed by atoms with van der Waals surface area (Å²) in [5.74, 6) is 0.907. The molecule has 1 amide bonds. The summed E-state index contributed by atoms with van der Waals surface area (Å²) in [5.41, 5.74) is 0.541. The fraction of sp³-hybridized carbons (Fsp3) is 0.976. The van der Waals surface area contributed by atoms with Crippen LogP contribution >= 0.6 is 0 Å². The van der Waals surface area contributed by atoms with E-state index in [0.717, 1.165) is 44.9 Å². The molecule has 1 saturated carbocycles. The highest BCUT2D eigenvalue weighted by molar-refractivity contribution is 5.68. The molecule has 8 nitrogen and oxygen atoms in total. The van der Waals surface area contributed by atoms with E-state index < -0.39 is 43.3 Å². The third-order valence-corrected chi connectivity index (χ3v) is 11.5. The van der Waals surface area contributed by atoms with Crippen molar-refractivity contribution < 1.29 is 34.7 Å². The lowest BCUT2D eigenvalue weighted by molar-refractivity contribution is -0.260. The molecular formula is C41H79NO7. The molecule has 0 bridgehead atoms. The number of nitrogens with zero attached hydrogens (tertiary/aromatic N) is 1. The van der Waals surface area contributed by atoms with Gasteiger partial charge in [0.15, 0.2) is 6.23 Å². The molecule has 0 radical (unpaired) electrons. The van der Waals surface area contributed by atoms with Crippen LogP contribution in [0.15, 0.2) is 0 Å². The largest absolute Gasteiger partial charge is 0.446 e. The first-order valence-corrected chi connectivity index (χ1v) is 20.5. The highest BCUT2D eigenvalue weighted by atomic mass is 16.6. The van der Waals surface area contributed by atoms with Gasteiger partial charge in [-0.3, -0.25) is 4.90 Å². The van der Waals surface area contributed by atoms with Gasteiger partial charge in [0.1, 0.15) is 30.5 Å². The number of hydrogen-bond donors (Lipinski definition) is 4. The molecule has 4 N–H and O–H groups in total. The molecular weight excluding hydrogens is 618 g/mol. The zero-order chi connectivity index (χ0) is 36.5. The summed E-state index contributed by atoms with van der Waals surface area (Å²) in [7, 11) is 0. The maximum absolute atomic E-state index is 13.7. The highest BCUT2D eigenvalue weighted by Crippen LogP contribution is 2.47. The predicted molar refractivity (Wildman–Crippen MR) is 199 cm³/mol. The Morgan fingerprint density at radius 2 is 1.20 bits per heavy atom. The van der Waals surface area contributed by atoms with Gasteiger partial charge in [0.25, 0.3) is 0 Å². The minimum atomic E-state index is -1.54. The SMILES string of the molecule is CCCCCCCCCCCCCCCCCCN(C(=O)OC(C)C1CCC(C(C)(C)CC(C)(C)C)CC1)C1O[C@H](CO)[C@@H](O)[C@H](O)[C@@H]1O. The molecule has 1 saturated heterocycles. The van der Waals surface area contributed by atoms with Gasteiger partial charge >= 0.3 is 6.09 Å². The molecule has 1 aliphatic heterocycles. The van der Waals surface area contributed by atoms with Crippen LogP contribution in [-0.2, 0) is 9.47 Å².